The molecular weight excluding hydrogens is 288 g/mol. The van der Waals surface area contributed by atoms with E-state index in [0.29, 0.717) is 32.0 Å². The van der Waals surface area contributed by atoms with Gasteiger partial charge in [0.15, 0.2) is 5.96 Å². The van der Waals surface area contributed by atoms with Crippen LogP contribution in [0.5, 0.6) is 0 Å². The van der Waals surface area contributed by atoms with E-state index in [1.807, 2.05) is 6.07 Å². The van der Waals surface area contributed by atoms with E-state index in [4.69, 9.17) is 0 Å². The first-order chi connectivity index (χ1) is 9.90. The van der Waals surface area contributed by atoms with Crippen LogP contribution in [0.1, 0.15) is 17.5 Å². The minimum atomic E-state index is -3.10. The standard InChI is InChI=1S/C14H24N4O2S/c1-12-6-4-7-13(10-12)11-17-14(15-2)16-8-5-9-18-21(3,19)20/h4,6-7,10,18H,5,8-9,11H2,1-3H3,(H2,15,16,17). The van der Waals surface area contributed by atoms with E-state index < -0.39 is 10.0 Å². The lowest BCUT2D eigenvalue weighted by atomic mass is 10.1. The topological polar surface area (TPSA) is 82.6 Å². The maximum atomic E-state index is 10.9. The van der Waals surface area contributed by atoms with Gasteiger partial charge in [-0.25, -0.2) is 13.1 Å². The van der Waals surface area contributed by atoms with E-state index in [2.05, 4.69) is 45.5 Å². The lowest BCUT2D eigenvalue weighted by molar-refractivity contribution is 0.584. The number of aryl methyl sites for hydroxylation is 1. The Balaban J connectivity index is 2.26. The minimum absolute atomic E-state index is 0.417. The number of nitrogens with one attached hydrogen (secondary N) is 3. The highest BCUT2D eigenvalue weighted by Crippen LogP contribution is 2.02. The normalized spacial score (nSPS) is 12.2. The quantitative estimate of drug-likeness (QED) is 0.391. The summed E-state index contributed by atoms with van der Waals surface area (Å²) in [7, 11) is -1.40. The average molecular weight is 312 g/mol. The van der Waals surface area contributed by atoms with Crippen molar-refractivity contribution in [1.29, 1.82) is 0 Å². The Bertz CT molecular complexity index is 570. The van der Waals surface area contributed by atoms with E-state index in [9.17, 15) is 8.42 Å². The summed E-state index contributed by atoms with van der Waals surface area (Å²) in [6.07, 6.45) is 1.85. The molecule has 0 bridgehead atoms. The van der Waals surface area contributed by atoms with Crippen LogP contribution in [0.25, 0.3) is 0 Å². The van der Waals surface area contributed by atoms with Crippen molar-refractivity contribution in [2.45, 2.75) is 19.9 Å². The molecule has 0 fully saturated rings. The molecule has 0 atom stereocenters. The molecular formula is C14H24N4O2S. The lowest BCUT2D eigenvalue weighted by Gasteiger charge is -2.12. The van der Waals surface area contributed by atoms with Crippen molar-refractivity contribution in [2.24, 2.45) is 4.99 Å². The molecule has 3 N–H and O–H groups in total. The Kier molecular flexibility index (Phi) is 7.18. The van der Waals surface area contributed by atoms with Gasteiger partial charge in [-0.15, -0.1) is 0 Å². The van der Waals surface area contributed by atoms with Gasteiger partial charge in [-0.2, -0.15) is 0 Å². The highest BCUT2D eigenvalue weighted by atomic mass is 32.2. The molecule has 0 saturated carbocycles. The SMILES string of the molecule is CN=C(NCCCNS(C)(=O)=O)NCc1cccc(C)c1. The summed E-state index contributed by atoms with van der Waals surface area (Å²) in [5.74, 6) is 0.705. The molecule has 21 heavy (non-hydrogen) atoms. The Morgan fingerprint density at radius 3 is 2.62 bits per heavy atom. The molecule has 0 radical (unpaired) electrons. The van der Waals surface area contributed by atoms with Gasteiger partial charge in [0.1, 0.15) is 0 Å². The van der Waals surface area contributed by atoms with Crippen LogP contribution in [0.2, 0.25) is 0 Å². The average Bonchev–Trinajstić information content (AvgIpc) is 2.40. The Labute approximate surface area is 127 Å². The first kappa shape index (κ1) is 17.5. The zero-order valence-corrected chi connectivity index (χ0v) is 13.6. The molecule has 0 aliphatic carbocycles. The summed E-state index contributed by atoms with van der Waals surface area (Å²) >= 11 is 0. The number of benzene rings is 1. The van der Waals surface area contributed by atoms with Crippen LogP contribution in [0.3, 0.4) is 0 Å². The molecule has 1 aromatic carbocycles. The van der Waals surface area contributed by atoms with Crippen molar-refractivity contribution in [3.63, 3.8) is 0 Å². The molecule has 0 aliphatic heterocycles. The molecule has 0 spiro atoms. The van der Waals surface area contributed by atoms with Gasteiger partial charge in [0.2, 0.25) is 10.0 Å². The van der Waals surface area contributed by atoms with Crippen LogP contribution in [-0.4, -0.2) is 40.8 Å². The van der Waals surface area contributed by atoms with Gasteiger partial charge < -0.3 is 10.6 Å². The number of sulfonamides is 1. The third-order valence-electron chi connectivity index (χ3n) is 2.78. The number of nitrogens with zero attached hydrogens (tertiary/aromatic N) is 1. The van der Waals surface area contributed by atoms with Crippen LogP contribution in [0.4, 0.5) is 0 Å². The number of rotatable bonds is 7. The second-order valence-electron chi connectivity index (χ2n) is 4.86. The molecule has 1 rings (SSSR count). The van der Waals surface area contributed by atoms with Crippen molar-refractivity contribution in [3.8, 4) is 0 Å². The largest absolute Gasteiger partial charge is 0.356 e. The van der Waals surface area contributed by atoms with Crippen LogP contribution < -0.4 is 15.4 Å². The minimum Gasteiger partial charge on any atom is -0.356 e. The summed E-state index contributed by atoms with van der Waals surface area (Å²) in [6.45, 7) is 3.82. The zero-order valence-electron chi connectivity index (χ0n) is 12.8. The number of hydrogen-bond donors (Lipinski definition) is 3. The third kappa shape index (κ3) is 8.31. The fourth-order valence-corrected chi connectivity index (χ4v) is 2.30. The maximum absolute atomic E-state index is 10.9. The van der Waals surface area contributed by atoms with Gasteiger partial charge in [0, 0.05) is 26.7 Å². The number of aliphatic imine (C=N–C) groups is 1. The molecule has 1 aromatic rings. The molecule has 7 heteroatoms. The van der Waals surface area contributed by atoms with Gasteiger partial charge in [-0.05, 0) is 18.9 Å². The Hall–Kier alpha value is -1.60. The molecule has 0 aliphatic rings. The van der Waals surface area contributed by atoms with E-state index in [1.54, 1.807) is 7.05 Å². The zero-order chi connectivity index (χ0) is 15.7. The Morgan fingerprint density at radius 2 is 2.00 bits per heavy atom. The fraction of sp³-hybridized carbons (Fsp3) is 0.500. The molecule has 0 unspecified atom stereocenters. The van der Waals surface area contributed by atoms with E-state index >= 15 is 0 Å². The summed E-state index contributed by atoms with van der Waals surface area (Å²) in [5, 5.41) is 6.36. The predicted molar refractivity (Wildman–Crippen MR) is 86.8 cm³/mol. The fourth-order valence-electron chi connectivity index (χ4n) is 1.78. The first-order valence-corrected chi connectivity index (χ1v) is 8.74. The van der Waals surface area contributed by atoms with Gasteiger partial charge in [-0.3, -0.25) is 4.99 Å². The van der Waals surface area contributed by atoms with Crippen molar-refractivity contribution in [3.05, 3.63) is 35.4 Å². The van der Waals surface area contributed by atoms with Crippen molar-refractivity contribution in [1.82, 2.24) is 15.4 Å². The highest BCUT2D eigenvalue weighted by molar-refractivity contribution is 7.88. The van der Waals surface area contributed by atoms with Crippen LogP contribution in [0, 0.1) is 6.92 Å². The third-order valence-corrected chi connectivity index (χ3v) is 3.50. The van der Waals surface area contributed by atoms with Crippen molar-refractivity contribution in [2.75, 3.05) is 26.4 Å². The Morgan fingerprint density at radius 1 is 1.24 bits per heavy atom. The summed E-state index contributed by atoms with van der Waals surface area (Å²) in [4.78, 5) is 4.13. The molecule has 0 heterocycles. The molecule has 0 amide bonds. The van der Waals surface area contributed by atoms with Crippen LogP contribution in [0.15, 0.2) is 29.3 Å². The van der Waals surface area contributed by atoms with Crippen LogP contribution >= 0.6 is 0 Å². The second-order valence-corrected chi connectivity index (χ2v) is 6.69. The van der Waals surface area contributed by atoms with Gasteiger partial charge in [0.05, 0.1) is 6.26 Å². The van der Waals surface area contributed by atoms with E-state index in [1.165, 1.54) is 11.1 Å². The monoisotopic (exact) mass is 312 g/mol. The van der Waals surface area contributed by atoms with E-state index in [0.717, 1.165) is 6.26 Å². The number of hydrogen-bond acceptors (Lipinski definition) is 3. The van der Waals surface area contributed by atoms with Gasteiger partial charge in [-0.1, -0.05) is 29.8 Å². The lowest BCUT2D eigenvalue weighted by Crippen LogP contribution is -2.38. The maximum Gasteiger partial charge on any atom is 0.208 e. The summed E-state index contributed by atoms with van der Waals surface area (Å²) in [6, 6.07) is 8.27. The predicted octanol–water partition coefficient (Wildman–Crippen LogP) is 0.599. The van der Waals surface area contributed by atoms with Crippen molar-refractivity contribution >= 4 is 16.0 Å². The molecule has 118 valence electrons. The van der Waals surface area contributed by atoms with Gasteiger partial charge >= 0.3 is 0 Å². The highest BCUT2D eigenvalue weighted by Gasteiger charge is 2.00. The number of guanidine groups is 1. The summed E-state index contributed by atoms with van der Waals surface area (Å²) in [5.41, 5.74) is 2.42. The summed E-state index contributed by atoms with van der Waals surface area (Å²) < 4.78 is 24.3. The van der Waals surface area contributed by atoms with Gasteiger partial charge in [0.25, 0.3) is 0 Å². The second kappa shape index (κ2) is 8.63. The molecule has 0 aromatic heterocycles. The van der Waals surface area contributed by atoms with Crippen molar-refractivity contribution < 1.29 is 8.42 Å². The van der Waals surface area contributed by atoms with E-state index in [-0.39, 0.29) is 0 Å². The smallest absolute Gasteiger partial charge is 0.208 e. The molecule has 6 nitrogen and oxygen atoms in total. The molecule has 0 saturated heterocycles. The van der Waals surface area contributed by atoms with Crippen LogP contribution in [-0.2, 0) is 16.6 Å². The first-order valence-electron chi connectivity index (χ1n) is 6.85.